The van der Waals surface area contributed by atoms with Crippen molar-refractivity contribution in [3.05, 3.63) is 0 Å². The van der Waals surface area contributed by atoms with Crippen LogP contribution < -0.4 is 5.43 Å². The Morgan fingerprint density at radius 1 is 1.13 bits per heavy atom. The zero-order valence-corrected chi connectivity index (χ0v) is 17.2. The molecule has 5 aliphatic rings. The van der Waals surface area contributed by atoms with Crippen LogP contribution in [0.5, 0.6) is 0 Å². The molecule has 5 fully saturated rings. The molecule has 5 saturated carbocycles. The maximum atomic E-state index is 12.5. The van der Waals surface area contributed by atoms with Crippen molar-refractivity contribution < 1.29 is 4.79 Å². The van der Waals surface area contributed by atoms with Gasteiger partial charge >= 0.3 is 0 Å². The third-order valence-corrected chi connectivity index (χ3v) is 9.35. The van der Waals surface area contributed by atoms with Gasteiger partial charge in [0.05, 0.1) is 8.65 Å². The number of hydrazone groups is 1. The molecule has 4 bridgehead atoms. The molecule has 0 aliphatic heterocycles. The van der Waals surface area contributed by atoms with Crippen molar-refractivity contribution in [2.75, 3.05) is 0 Å². The maximum absolute atomic E-state index is 12.5. The lowest BCUT2D eigenvalue weighted by atomic mass is 9.48. The molecule has 1 N–H and O–H groups in total. The molecule has 0 aromatic carbocycles. The van der Waals surface area contributed by atoms with E-state index in [0.717, 1.165) is 30.6 Å². The van der Waals surface area contributed by atoms with Gasteiger partial charge in [-0.2, -0.15) is 5.10 Å². The standard InChI is InChI=1S/C18H26Br2N2O/c1-3-14(21-22-15(23)16(2)10-18(16,19)20)17-7-11-4-12(8-17)6-13(5-11)9-17/h11-13H,3-10H2,1-2H3,(H,22,23)/b21-14+/t11?,12?,13?,16-,17?/m1/s1. The number of carbonyl (C=O) groups is 1. The van der Waals surface area contributed by atoms with Gasteiger partial charge in [0.15, 0.2) is 0 Å². The van der Waals surface area contributed by atoms with Crippen molar-refractivity contribution in [1.82, 2.24) is 5.43 Å². The van der Waals surface area contributed by atoms with Crippen LogP contribution in [0.4, 0.5) is 0 Å². The number of halogens is 2. The van der Waals surface area contributed by atoms with Gasteiger partial charge in [-0.05, 0) is 76.0 Å². The van der Waals surface area contributed by atoms with E-state index in [1.165, 1.54) is 44.2 Å². The van der Waals surface area contributed by atoms with Crippen molar-refractivity contribution in [1.29, 1.82) is 0 Å². The predicted octanol–water partition coefficient (Wildman–Crippen LogP) is 4.98. The molecule has 0 radical (unpaired) electrons. The molecular formula is C18H26Br2N2O. The van der Waals surface area contributed by atoms with Crippen molar-refractivity contribution in [2.24, 2.45) is 33.7 Å². The van der Waals surface area contributed by atoms with Crippen LogP contribution in [0.1, 0.15) is 65.2 Å². The topological polar surface area (TPSA) is 41.5 Å². The van der Waals surface area contributed by atoms with Crippen molar-refractivity contribution in [2.45, 2.75) is 68.4 Å². The average molecular weight is 446 g/mol. The summed E-state index contributed by atoms with van der Waals surface area (Å²) in [5, 5.41) is 4.68. The fourth-order valence-corrected chi connectivity index (χ4v) is 7.41. The van der Waals surface area contributed by atoms with Gasteiger partial charge in [-0.15, -0.1) is 0 Å². The summed E-state index contributed by atoms with van der Waals surface area (Å²) in [6.07, 6.45) is 10.00. The molecule has 5 aliphatic carbocycles. The van der Waals surface area contributed by atoms with Crippen LogP contribution in [0.3, 0.4) is 0 Å². The first-order valence-corrected chi connectivity index (χ1v) is 10.6. The first-order valence-electron chi connectivity index (χ1n) is 9.03. The highest BCUT2D eigenvalue weighted by Crippen LogP contribution is 2.66. The second-order valence-electron chi connectivity index (χ2n) is 8.76. The molecule has 0 saturated heterocycles. The molecule has 0 aromatic rings. The number of alkyl halides is 2. The Morgan fingerprint density at radius 2 is 1.61 bits per heavy atom. The quantitative estimate of drug-likeness (QED) is 0.370. The van der Waals surface area contributed by atoms with E-state index in [4.69, 9.17) is 0 Å². The molecule has 1 atom stereocenters. The maximum Gasteiger partial charge on any atom is 0.248 e. The smallest absolute Gasteiger partial charge is 0.248 e. The number of nitrogens with zero attached hydrogens (tertiary/aromatic N) is 1. The van der Waals surface area contributed by atoms with Gasteiger partial charge in [-0.25, -0.2) is 5.43 Å². The van der Waals surface area contributed by atoms with E-state index in [-0.39, 0.29) is 9.14 Å². The van der Waals surface area contributed by atoms with E-state index in [1.807, 2.05) is 6.92 Å². The van der Waals surface area contributed by atoms with Gasteiger partial charge in [-0.3, -0.25) is 4.79 Å². The lowest BCUT2D eigenvalue weighted by molar-refractivity contribution is -0.125. The van der Waals surface area contributed by atoms with Gasteiger partial charge in [0, 0.05) is 11.1 Å². The summed E-state index contributed by atoms with van der Waals surface area (Å²) in [7, 11) is 0. The van der Waals surface area contributed by atoms with Gasteiger partial charge in [0.1, 0.15) is 0 Å². The first-order chi connectivity index (χ1) is 10.8. The Bertz CT molecular complexity index is 536. The Hall–Kier alpha value is 0.1000. The molecular weight excluding hydrogens is 420 g/mol. The highest BCUT2D eigenvalue weighted by Gasteiger charge is 2.66. The highest BCUT2D eigenvalue weighted by atomic mass is 79.9. The molecule has 1 amide bonds. The number of amides is 1. The van der Waals surface area contributed by atoms with Crippen molar-refractivity contribution >= 4 is 43.5 Å². The van der Waals surface area contributed by atoms with Crippen LogP contribution in [-0.2, 0) is 4.79 Å². The summed E-state index contributed by atoms with van der Waals surface area (Å²) in [5.41, 5.74) is 4.06. The molecule has 0 spiro atoms. The zero-order valence-electron chi connectivity index (χ0n) is 14.0. The van der Waals surface area contributed by atoms with Gasteiger partial charge < -0.3 is 0 Å². The number of nitrogens with one attached hydrogen (secondary N) is 1. The minimum atomic E-state index is -0.392. The summed E-state index contributed by atoms with van der Waals surface area (Å²) >= 11 is 7.14. The zero-order chi connectivity index (χ0) is 16.5. The third-order valence-electron chi connectivity index (χ3n) is 7.04. The normalized spacial score (nSPS) is 46.8. The second kappa shape index (κ2) is 5.30. The summed E-state index contributed by atoms with van der Waals surface area (Å²) in [6, 6.07) is 0. The van der Waals surface area contributed by atoms with Crippen molar-refractivity contribution in [3.63, 3.8) is 0 Å². The minimum absolute atomic E-state index is 0.0296. The Balaban J connectivity index is 1.52. The Morgan fingerprint density at radius 3 is 2.00 bits per heavy atom. The van der Waals surface area contributed by atoms with E-state index in [9.17, 15) is 4.79 Å². The number of hydrogen-bond acceptors (Lipinski definition) is 2. The molecule has 3 nitrogen and oxygen atoms in total. The van der Waals surface area contributed by atoms with Crippen LogP contribution in [0.15, 0.2) is 5.10 Å². The fourth-order valence-electron chi connectivity index (χ4n) is 5.92. The summed E-state index contributed by atoms with van der Waals surface area (Å²) in [6.45, 7) is 4.18. The molecule has 128 valence electrons. The lowest BCUT2D eigenvalue weighted by Crippen LogP contribution is -2.50. The summed E-state index contributed by atoms with van der Waals surface area (Å²) in [4.78, 5) is 12.5. The third kappa shape index (κ3) is 2.56. The second-order valence-corrected chi connectivity index (χ2v) is 12.5. The van der Waals surface area contributed by atoms with Crippen LogP contribution in [-0.4, -0.2) is 14.9 Å². The van der Waals surface area contributed by atoms with Gasteiger partial charge in [-0.1, -0.05) is 38.8 Å². The monoisotopic (exact) mass is 444 g/mol. The molecule has 0 aromatic heterocycles. The van der Waals surface area contributed by atoms with Gasteiger partial charge in [0.2, 0.25) is 5.91 Å². The lowest BCUT2D eigenvalue weighted by Gasteiger charge is -2.57. The van der Waals surface area contributed by atoms with E-state index in [2.05, 4.69) is 49.3 Å². The van der Waals surface area contributed by atoms with E-state index in [1.54, 1.807) is 0 Å². The molecule has 23 heavy (non-hydrogen) atoms. The summed E-state index contributed by atoms with van der Waals surface area (Å²) in [5.74, 6) is 2.76. The van der Waals surface area contributed by atoms with Crippen LogP contribution >= 0.6 is 31.9 Å². The van der Waals surface area contributed by atoms with Crippen molar-refractivity contribution in [3.8, 4) is 0 Å². The Labute approximate surface area is 155 Å². The first kappa shape index (κ1) is 16.6. The van der Waals surface area contributed by atoms with Crippen LogP contribution in [0, 0.1) is 28.6 Å². The molecule has 5 heteroatoms. The van der Waals surface area contributed by atoms with E-state index in [0.29, 0.717) is 5.41 Å². The summed E-state index contributed by atoms with van der Waals surface area (Å²) < 4.78 is -0.250. The number of carbonyl (C=O) groups excluding carboxylic acids is 1. The number of hydrogen-bond donors (Lipinski definition) is 1. The largest absolute Gasteiger partial charge is 0.272 e. The molecule has 0 unspecified atom stereocenters. The predicted molar refractivity (Wildman–Crippen MR) is 99.8 cm³/mol. The Kier molecular flexibility index (Phi) is 3.81. The molecule has 0 heterocycles. The fraction of sp³-hybridized carbons (Fsp3) is 0.889. The average Bonchev–Trinajstić information content (AvgIpc) is 2.97. The molecule has 5 rings (SSSR count). The van der Waals surface area contributed by atoms with Crippen LogP contribution in [0.2, 0.25) is 0 Å². The van der Waals surface area contributed by atoms with E-state index >= 15 is 0 Å². The number of rotatable bonds is 4. The minimum Gasteiger partial charge on any atom is -0.272 e. The van der Waals surface area contributed by atoms with Crippen LogP contribution in [0.25, 0.3) is 0 Å². The highest BCUT2D eigenvalue weighted by molar-refractivity contribution is 9.25. The SMILES string of the molecule is CC/C(=N\NC(=O)[C@@]1(C)CC1(Br)Br)C12CC3CC(CC(C3)C1)C2. The van der Waals surface area contributed by atoms with Gasteiger partial charge in [0.25, 0.3) is 0 Å². The van der Waals surface area contributed by atoms with E-state index < -0.39 is 5.41 Å².